The minimum atomic E-state index is -2.41. The maximum atomic E-state index is 8.79. The van der Waals surface area contributed by atoms with Gasteiger partial charge in [0, 0.05) is 41.7 Å². The van der Waals surface area contributed by atoms with E-state index in [1.165, 1.54) is 10.1 Å². The van der Waals surface area contributed by atoms with Gasteiger partial charge in [-0.25, -0.2) is 20.0 Å². The Hall–Kier alpha value is -6.56. The van der Waals surface area contributed by atoms with Gasteiger partial charge < -0.3 is 0 Å². The van der Waals surface area contributed by atoms with Crippen LogP contribution < -0.4 is 10.0 Å². The number of nitrogens with zero attached hydrogens (tertiary/aromatic N) is 4. The van der Waals surface area contributed by atoms with Crippen molar-refractivity contribution in [3.05, 3.63) is 169 Å². The predicted octanol–water partition coefficient (Wildman–Crippen LogP) is 13.2. The topological polar surface area (TPSA) is 32.3 Å². The van der Waals surface area contributed by atoms with Gasteiger partial charge in [-0.1, -0.05) is 140 Å². The van der Waals surface area contributed by atoms with Gasteiger partial charge in [-0.15, -0.1) is 11.3 Å². The minimum Gasteiger partial charge on any atom is -0.245 e. The summed E-state index contributed by atoms with van der Waals surface area (Å²) in [6, 6.07) is 55.5. The molecule has 0 N–H and O–H groups in total. The average Bonchev–Trinajstić information content (AvgIpc) is 3.62. The number of para-hydroxylation sites is 2. The molecule has 0 radical (unpaired) electrons. The summed E-state index contributed by atoms with van der Waals surface area (Å²) in [6.07, 6.45) is 0. The van der Waals surface area contributed by atoms with Crippen LogP contribution in [0.5, 0.6) is 0 Å². The highest BCUT2D eigenvalue weighted by Gasteiger charge is 2.38. The Bertz CT molecular complexity index is 3170. The number of thiophene rings is 1. The van der Waals surface area contributed by atoms with E-state index in [0.717, 1.165) is 76.3 Å². The summed E-state index contributed by atoms with van der Waals surface area (Å²) >= 11 is 1.75. The first kappa shape index (κ1) is 26.3. The summed E-state index contributed by atoms with van der Waals surface area (Å²) in [5, 5.41) is 11.8. The second-order valence-electron chi connectivity index (χ2n) is 13.1. The van der Waals surface area contributed by atoms with Crippen LogP contribution in [0.3, 0.4) is 0 Å². The Morgan fingerprint density at radius 2 is 1.21 bits per heavy atom. The van der Waals surface area contributed by atoms with Gasteiger partial charge in [0.05, 0.1) is 33.0 Å². The molecule has 0 unspecified atom stereocenters. The van der Waals surface area contributed by atoms with E-state index in [2.05, 4.69) is 113 Å². The molecule has 52 heavy (non-hydrogen) atoms. The van der Waals surface area contributed by atoms with E-state index in [1.54, 1.807) is 23.5 Å². The van der Waals surface area contributed by atoms with Crippen molar-refractivity contribution in [2.24, 2.45) is 0 Å². The van der Waals surface area contributed by atoms with Crippen LogP contribution in [0.25, 0.3) is 75.0 Å². The lowest BCUT2D eigenvalue weighted by atomic mass is 9.87. The largest absolute Gasteiger partial charge is 0.251 e. The summed E-state index contributed by atoms with van der Waals surface area (Å²) in [6.45, 7) is -2.41. The zero-order chi connectivity index (χ0) is 36.8. The number of rotatable bonds is 3. The van der Waals surface area contributed by atoms with Crippen LogP contribution in [0.4, 0.5) is 23.0 Å². The maximum absolute atomic E-state index is 8.79. The van der Waals surface area contributed by atoms with Crippen LogP contribution in [0.1, 0.15) is 9.68 Å². The zero-order valence-electron chi connectivity index (χ0n) is 30.8. The van der Waals surface area contributed by atoms with Crippen molar-refractivity contribution in [3.63, 3.8) is 0 Å². The summed E-state index contributed by atoms with van der Waals surface area (Å²) in [5.41, 5.74) is 7.15. The van der Waals surface area contributed by atoms with Crippen LogP contribution in [0, 0.1) is 6.85 Å². The number of hydrazine groups is 1. The molecule has 0 saturated heterocycles. The molecule has 8 aromatic carbocycles. The first-order valence-electron chi connectivity index (χ1n) is 18.9. The van der Waals surface area contributed by atoms with E-state index in [0.29, 0.717) is 11.6 Å². The van der Waals surface area contributed by atoms with Gasteiger partial charge in [-0.2, -0.15) is 0 Å². The molecule has 10 aromatic rings. The minimum absolute atomic E-state index is 0.236. The van der Waals surface area contributed by atoms with Crippen LogP contribution in [0.2, 0.25) is 0 Å². The third-order valence-electron chi connectivity index (χ3n) is 10.3. The van der Waals surface area contributed by atoms with Crippen molar-refractivity contribution in [2.45, 2.75) is 6.85 Å². The molecule has 0 saturated carbocycles. The molecule has 0 amide bonds. The molecule has 5 heteroatoms. The van der Waals surface area contributed by atoms with E-state index < -0.39 is 6.85 Å². The maximum Gasteiger partial charge on any atom is 0.251 e. The third kappa shape index (κ3) is 4.14. The van der Waals surface area contributed by atoms with Gasteiger partial charge in [0.15, 0.2) is 0 Å². The Morgan fingerprint density at radius 1 is 0.519 bits per heavy atom. The normalized spacial score (nSPS) is 13.7. The fourth-order valence-electron chi connectivity index (χ4n) is 8.06. The molecule has 1 aliphatic heterocycles. The number of benzene rings is 8. The summed E-state index contributed by atoms with van der Waals surface area (Å²) in [4.78, 5) is 10.8. The number of aryl methyl sites for hydroxylation is 1. The summed E-state index contributed by atoms with van der Waals surface area (Å²) in [7, 11) is 0. The van der Waals surface area contributed by atoms with Gasteiger partial charge in [-0.3, -0.25) is 0 Å². The SMILES string of the molecule is [2H]C([2H])([2H])c1ccccc1N1c2ccc3ccccc3c2-c2c(c3sc4ccccc4c3c3ccccc23)N1c1nc(-c2ccccc2)c2ccccc2n1. The fourth-order valence-corrected chi connectivity index (χ4v) is 9.32. The molecule has 0 fully saturated rings. The van der Waals surface area contributed by atoms with E-state index in [4.69, 9.17) is 14.1 Å². The van der Waals surface area contributed by atoms with Gasteiger partial charge in [0.2, 0.25) is 0 Å². The number of fused-ring (bicyclic) bond motifs is 13. The molecular formula is C47H30N4S. The molecule has 0 spiro atoms. The van der Waals surface area contributed by atoms with E-state index >= 15 is 0 Å². The molecule has 3 heterocycles. The molecule has 11 rings (SSSR count). The van der Waals surface area contributed by atoms with Crippen molar-refractivity contribution < 1.29 is 4.11 Å². The Kier molecular flexibility index (Phi) is 5.67. The Morgan fingerprint density at radius 3 is 2.08 bits per heavy atom. The number of aromatic nitrogens is 2. The molecule has 0 atom stereocenters. The number of hydrogen-bond donors (Lipinski definition) is 0. The average molecular weight is 686 g/mol. The van der Waals surface area contributed by atoms with E-state index in [-0.39, 0.29) is 5.56 Å². The van der Waals surface area contributed by atoms with Crippen molar-refractivity contribution in [2.75, 3.05) is 10.0 Å². The first-order valence-corrected chi connectivity index (χ1v) is 18.2. The molecule has 2 aromatic heterocycles. The highest BCUT2D eigenvalue weighted by atomic mass is 32.1. The Balaban J connectivity index is 1.39. The van der Waals surface area contributed by atoms with Gasteiger partial charge in [0.1, 0.15) is 0 Å². The lowest BCUT2D eigenvalue weighted by molar-refractivity contribution is 0.929. The fraction of sp³-hybridized carbons (Fsp3) is 0.0213. The summed E-state index contributed by atoms with van der Waals surface area (Å²) in [5.74, 6) is 0.437. The second kappa shape index (κ2) is 11.2. The van der Waals surface area contributed by atoms with Gasteiger partial charge in [-0.05, 0) is 58.2 Å². The molecular weight excluding hydrogens is 653 g/mol. The Labute approximate surface area is 308 Å². The molecule has 0 bridgehead atoms. The molecule has 4 nitrogen and oxygen atoms in total. The number of hydrogen-bond acceptors (Lipinski definition) is 5. The molecule has 0 aliphatic carbocycles. The lowest BCUT2D eigenvalue weighted by Gasteiger charge is -2.43. The molecule has 1 aliphatic rings. The van der Waals surface area contributed by atoms with Crippen molar-refractivity contribution in [1.29, 1.82) is 0 Å². The highest BCUT2D eigenvalue weighted by molar-refractivity contribution is 7.26. The third-order valence-corrected chi connectivity index (χ3v) is 11.4. The summed E-state index contributed by atoms with van der Waals surface area (Å²) < 4.78 is 28.6. The van der Waals surface area contributed by atoms with Crippen LogP contribution >= 0.6 is 11.3 Å². The van der Waals surface area contributed by atoms with Crippen LogP contribution in [0.15, 0.2) is 164 Å². The van der Waals surface area contributed by atoms with Crippen molar-refractivity contribution in [1.82, 2.24) is 9.97 Å². The quantitative estimate of drug-likeness (QED) is 0.185. The van der Waals surface area contributed by atoms with Crippen LogP contribution in [-0.4, -0.2) is 9.97 Å². The van der Waals surface area contributed by atoms with Crippen molar-refractivity contribution in [3.8, 4) is 22.4 Å². The smallest absolute Gasteiger partial charge is 0.245 e. The predicted molar refractivity (Wildman–Crippen MR) is 220 cm³/mol. The van der Waals surface area contributed by atoms with E-state index in [9.17, 15) is 0 Å². The first-order chi connectivity index (χ1) is 27.0. The lowest BCUT2D eigenvalue weighted by Crippen LogP contribution is -2.40. The zero-order valence-corrected chi connectivity index (χ0v) is 28.6. The van der Waals surface area contributed by atoms with Crippen LogP contribution in [-0.2, 0) is 0 Å². The second-order valence-corrected chi connectivity index (χ2v) is 14.2. The van der Waals surface area contributed by atoms with Gasteiger partial charge >= 0.3 is 0 Å². The monoisotopic (exact) mass is 685 g/mol. The van der Waals surface area contributed by atoms with E-state index in [1.807, 2.05) is 48.5 Å². The van der Waals surface area contributed by atoms with Gasteiger partial charge in [0.25, 0.3) is 5.95 Å². The molecule has 244 valence electrons. The standard InChI is InChI=1S/C47H30N4S/c1-29-15-5-13-25-38(29)50-39-28-27-30-16-6-7-19-32(30)42(39)43-34-21-9-8-20-33(34)41-36-23-11-14-26-40(36)52-46(41)45(43)51(50)47-48-37-24-12-10-22-35(37)44(49-47)31-17-3-2-4-18-31/h2-28H,1H3/i1D3. The van der Waals surface area contributed by atoms with Crippen molar-refractivity contribution >= 4 is 87.0 Å². The highest BCUT2D eigenvalue weighted by Crippen LogP contribution is 2.59. The number of anilines is 4.